The van der Waals surface area contributed by atoms with Crippen molar-refractivity contribution in [3.05, 3.63) is 0 Å². The van der Waals surface area contributed by atoms with E-state index in [4.69, 9.17) is 16.2 Å². The van der Waals surface area contributed by atoms with E-state index in [1.165, 1.54) is 0 Å². The zero-order valence-electron chi connectivity index (χ0n) is 7.96. The van der Waals surface area contributed by atoms with Gasteiger partial charge >= 0.3 is 0 Å². The van der Waals surface area contributed by atoms with E-state index < -0.39 is 0 Å². The van der Waals surface area contributed by atoms with Crippen molar-refractivity contribution in [2.45, 2.75) is 6.42 Å². The van der Waals surface area contributed by atoms with Gasteiger partial charge in [-0.15, -0.1) is 0 Å². The van der Waals surface area contributed by atoms with Crippen LogP contribution in [0.25, 0.3) is 0 Å². The standard InChI is InChI=1S/C8H21N3O/c1-11(5-4-10)6-8-12-7-2-3-9/h2-10H2,1H3. The molecule has 0 aromatic rings. The van der Waals surface area contributed by atoms with Crippen LogP contribution in [0.2, 0.25) is 0 Å². The average Bonchev–Trinajstić information content (AvgIpc) is 2.05. The average molecular weight is 175 g/mol. The third-order valence-electron chi connectivity index (χ3n) is 1.62. The van der Waals surface area contributed by atoms with E-state index in [0.717, 1.165) is 32.7 Å². The smallest absolute Gasteiger partial charge is 0.0593 e. The maximum absolute atomic E-state index is 5.38. The molecule has 74 valence electrons. The third kappa shape index (κ3) is 7.94. The van der Waals surface area contributed by atoms with Crippen LogP contribution in [-0.4, -0.2) is 51.3 Å². The van der Waals surface area contributed by atoms with Crippen molar-refractivity contribution in [3.8, 4) is 0 Å². The summed E-state index contributed by atoms with van der Waals surface area (Å²) in [6, 6.07) is 0. The Morgan fingerprint density at radius 1 is 1.08 bits per heavy atom. The maximum Gasteiger partial charge on any atom is 0.0593 e. The Labute approximate surface area is 74.8 Å². The molecule has 4 N–H and O–H groups in total. The number of nitrogens with zero attached hydrogens (tertiary/aromatic N) is 1. The fraction of sp³-hybridized carbons (Fsp3) is 1.00. The highest BCUT2D eigenvalue weighted by Crippen LogP contribution is 1.83. The van der Waals surface area contributed by atoms with Gasteiger partial charge in [-0.25, -0.2) is 0 Å². The molecule has 4 heteroatoms. The Morgan fingerprint density at radius 2 is 1.83 bits per heavy atom. The molecule has 0 heterocycles. The number of likely N-dealkylation sites (N-methyl/N-ethyl adjacent to an activating group) is 1. The molecule has 0 aliphatic rings. The van der Waals surface area contributed by atoms with Crippen molar-refractivity contribution in [2.24, 2.45) is 11.5 Å². The molecule has 0 atom stereocenters. The molecule has 0 spiro atoms. The Kier molecular flexibility index (Phi) is 8.81. The van der Waals surface area contributed by atoms with Crippen LogP contribution < -0.4 is 11.5 Å². The Hall–Kier alpha value is -0.160. The van der Waals surface area contributed by atoms with Gasteiger partial charge in [0.1, 0.15) is 0 Å². The normalized spacial score (nSPS) is 11.0. The second kappa shape index (κ2) is 8.93. The van der Waals surface area contributed by atoms with E-state index in [2.05, 4.69) is 4.90 Å². The lowest BCUT2D eigenvalue weighted by molar-refractivity contribution is 0.111. The van der Waals surface area contributed by atoms with Crippen LogP contribution in [-0.2, 0) is 4.74 Å². The first-order valence-corrected chi connectivity index (χ1v) is 4.47. The van der Waals surface area contributed by atoms with Gasteiger partial charge in [-0.3, -0.25) is 0 Å². The molecule has 0 bridgehead atoms. The zero-order chi connectivity index (χ0) is 9.23. The van der Waals surface area contributed by atoms with Crippen LogP contribution in [0.4, 0.5) is 0 Å². The highest BCUT2D eigenvalue weighted by molar-refractivity contribution is 4.50. The summed E-state index contributed by atoms with van der Waals surface area (Å²) in [4.78, 5) is 2.16. The van der Waals surface area contributed by atoms with E-state index in [1.54, 1.807) is 0 Å². The fourth-order valence-corrected chi connectivity index (χ4v) is 0.840. The molecule has 0 fully saturated rings. The summed E-state index contributed by atoms with van der Waals surface area (Å²) in [6.07, 6.45) is 0.945. The molecule has 4 nitrogen and oxygen atoms in total. The summed E-state index contributed by atoms with van der Waals surface area (Å²) in [5.74, 6) is 0. The first-order chi connectivity index (χ1) is 5.81. The van der Waals surface area contributed by atoms with Crippen LogP contribution >= 0.6 is 0 Å². The van der Waals surface area contributed by atoms with Gasteiger partial charge in [0.15, 0.2) is 0 Å². The van der Waals surface area contributed by atoms with E-state index in [9.17, 15) is 0 Å². The quantitative estimate of drug-likeness (QED) is 0.476. The number of nitrogens with two attached hydrogens (primary N) is 2. The minimum atomic E-state index is 0.707. The Bertz CT molecular complexity index is 90.4. The SMILES string of the molecule is CN(CCN)CCOCCCN. The van der Waals surface area contributed by atoms with Gasteiger partial charge in [-0.1, -0.05) is 0 Å². The van der Waals surface area contributed by atoms with Gasteiger partial charge in [0.25, 0.3) is 0 Å². The molecule has 0 saturated carbocycles. The number of rotatable bonds is 8. The predicted octanol–water partition coefficient (Wildman–Crippen LogP) is -0.758. The fourth-order valence-electron chi connectivity index (χ4n) is 0.840. The van der Waals surface area contributed by atoms with Crippen molar-refractivity contribution in [1.29, 1.82) is 0 Å². The molecule has 0 aliphatic heterocycles. The van der Waals surface area contributed by atoms with Crippen molar-refractivity contribution in [1.82, 2.24) is 4.90 Å². The van der Waals surface area contributed by atoms with Gasteiger partial charge in [0, 0.05) is 26.2 Å². The molecule has 0 aromatic heterocycles. The van der Waals surface area contributed by atoms with Crippen LogP contribution in [0.1, 0.15) is 6.42 Å². The van der Waals surface area contributed by atoms with Gasteiger partial charge in [-0.2, -0.15) is 0 Å². The Balaban J connectivity index is 2.97. The first-order valence-electron chi connectivity index (χ1n) is 4.47. The number of ether oxygens (including phenoxy) is 1. The van der Waals surface area contributed by atoms with Crippen molar-refractivity contribution >= 4 is 0 Å². The second-order valence-electron chi connectivity index (χ2n) is 2.85. The highest BCUT2D eigenvalue weighted by Gasteiger charge is 1.95. The lowest BCUT2D eigenvalue weighted by Gasteiger charge is -2.14. The monoisotopic (exact) mass is 175 g/mol. The molecule has 0 unspecified atom stereocenters. The van der Waals surface area contributed by atoms with Gasteiger partial charge in [0.05, 0.1) is 6.61 Å². The molecular weight excluding hydrogens is 154 g/mol. The molecule has 12 heavy (non-hydrogen) atoms. The summed E-state index contributed by atoms with van der Waals surface area (Å²) < 4.78 is 5.33. The van der Waals surface area contributed by atoms with Gasteiger partial charge in [-0.05, 0) is 20.0 Å². The van der Waals surface area contributed by atoms with Crippen molar-refractivity contribution < 1.29 is 4.74 Å². The van der Waals surface area contributed by atoms with Crippen molar-refractivity contribution in [2.75, 3.05) is 46.4 Å². The second-order valence-corrected chi connectivity index (χ2v) is 2.85. The molecule has 0 aromatic carbocycles. The molecule has 0 radical (unpaired) electrons. The van der Waals surface area contributed by atoms with E-state index in [1.807, 2.05) is 7.05 Å². The molecule has 0 aliphatic carbocycles. The highest BCUT2D eigenvalue weighted by atomic mass is 16.5. The third-order valence-corrected chi connectivity index (χ3v) is 1.62. The minimum Gasteiger partial charge on any atom is -0.380 e. The van der Waals surface area contributed by atoms with Crippen LogP contribution in [0.3, 0.4) is 0 Å². The molecule has 0 saturated heterocycles. The van der Waals surface area contributed by atoms with Crippen molar-refractivity contribution in [3.63, 3.8) is 0 Å². The molecular formula is C8H21N3O. The zero-order valence-corrected chi connectivity index (χ0v) is 7.96. The summed E-state index contributed by atoms with van der Waals surface area (Å²) in [5, 5.41) is 0. The van der Waals surface area contributed by atoms with Crippen LogP contribution in [0.15, 0.2) is 0 Å². The topological polar surface area (TPSA) is 64.5 Å². The maximum atomic E-state index is 5.38. The minimum absolute atomic E-state index is 0.707. The summed E-state index contributed by atoms with van der Waals surface area (Å²) >= 11 is 0. The molecule has 0 rings (SSSR count). The van der Waals surface area contributed by atoms with Gasteiger partial charge in [0.2, 0.25) is 0 Å². The lowest BCUT2D eigenvalue weighted by Crippen LogP contribution is -2.28. The summed E-state index contributed by atoms with van der Waals surface area (Å²) in [6.45, 7) is 4.84. The molecule has 0 amide bonds. The number of hydrogen-bond acceptors (Lipinski definition) is 4. The number of hydrogen-bond donors (Lipinski definition) is 2. The van der Waals surface area contributed by atoms with E-state index in [-0.39, 0.29) is 0 Å². The lowest BCUT2D eigenvalue weighted by atomic mass is 10.5. The van der Waals surface area contributed by atoms with Crippen LogP contribution in [0.5, 0.6) is 0 Å². The summed E-state index contributed by atoms with van der Waals surface area (Å²) in [5.41, 5.74) is 10.7. The largest absolute Gasteiger partial charge is 0.380 e. The van der Waals surface area contributed by atoms with E-state index in [0.29, 0.717) is 13.1 Å². The van der Waals surface area contributed by atoms with Crippen LogP contribution in [0, 0.1) is 0 Å². The summed E-state index contributed by atoms with van der Waals surface area (Å²) in [7, 11) is 2.04. The Morgan fingerprint density at radius 3 is 2.42 bits per heavy atom. The first kappa shape index (κ1) is 11.8. The van der Waals surface area contributed by atoms with Gasteiger partial charge < -0.3 is 21.1 Å². The van der Waals surface area contributed by atoms with E-state index >= 15 is 0 Å². The predicted molar refractivity (Wildman–Crippen MR) is 51.0 cm³/mol.